The zero-order chi connectivity index (χ0) is 17.6. The van der Waals surface area contributed by atoms with E-state index in [4.69, 9.17) is 0 Å². The number of carbonyl (C=O) groups excluding carboxylic acids is 1. The van der Waals surface area contributed by atoms with Gasteiger partial charge in [-0.25, -0.2) is 0 Å². The van der Waals surface area contributed by atoms with Gasteiger partial charge in [0.1, 0.15) is 0 Å². The Kier molecular flexibility index (Phi) is 4.16. The van der Waals surface area contributed by atoms with Gasteiger partial charge in [0.15, 0.2) is 0 Å². The molecule has 3 atom stereocenters. The molecule has 0 spiro atoms. The van der Waals surface area contributed by atoms with E-state index < -0.39 is 0 Å². The van der Waals surface area contributed by atoms with Gasteiger partial charge >= 0.3 is 0 Å². The first-order valence-electron chi connectivity index (χ1n) is 8.59. The van der Waals surface area contributed by atoms with E-state index in [9.17, 15) is 4.79 Å². The van der Waals surface area contributed by atoms with E-state index in [1.165, 1.54) is 11.1 Å². The number of rotatable bonds is 2. The molecule has 4 rings (SSSR count). The summed E-state index contributed by atoms with van der Waals surface area (Å²) in [4.78, 5) is 14.3. The van der Waals surface area contributed by atoms with E-state index in [0.717, 1.165) is 22.1 Å². The van der Waals surface area contributed by atoms with Crippen molar-refractivity contribution in [3.05, 3.63) is 75.8 Å². The molecule has 1 aliphatic carbocycles. The number of amides is 1. The molecule has 0 radical (unpaired) electrons. The molecule has 1 amide bonds. The second kappa shape index (κ2) is 6.34. The SMILES string of the molecule is CN(C)C(=O)c1cccc2c1N[C@H](c1ccc(Br)cc1)[C@@H]1CC=C[C@@H]21. The lowest BCUT2D eigenvalue weighted by molar-refractivity contribution is 0.0828. The lowest BCUT2D eigenvalue weighted by atomic mass is 9.76. The zero-order valence-corrected chi connectivity index (χ0v) is 16.0. The highest BCUT2D eigenvalue weighted by molar-refractivity contribution is 9.10. The molecule has 0 saturated heterocycles. The molecule has 1 aliphatic heterocycles. The zero-order valence-electron chi connectivity index (χ0n) is 14.4. The van der Waals surface area contributed by atoms with Crippen molar-refractivity contribution >= 4 is 27.5 Å². The van der Waals surface area contributed by atoms with Crippen LogP contribution in [0.2, 0.25) is 0 Å². The quantitative estimate of drug-likeness (QED) is 0.726. The Hall–Kier alpha value is -2.07. The largest absolute Gasteiger partial charge is 0.377 e. The normalized spacial score (nSPS) is 23.6. The molecule has 2 aromatic carbocycles. The Labute approximate surface area is 156 Å². The Bertz CT molecular complexity index is 841. The molecular formula is C21H21BrN2O. The second-order valence-corrected chi connectivity index (χ2v) is 7.91. The Morgan fingerprint density at radius 3 is 2.64 bits per heavy atom. The smallest absolute Gasteiger partial charge is 0.255 e. The number of fused-ring (bicyclic) bond motifs is 3. The highest BCUT2D eigenvalue weighted by Gasteiger charge is 2.39. The molecule has 0 unspecified atom stereocenters. The van der Waals surface area contributed by atoms with Crippen molar-refractivity contribution in [3.8, 4) is 0 Å². The van der Waals surface area contributed by atoms with Crippen LogP contribution in [-0.2, 0) is 0 Å². The fourth-order valence-electron chi connectivity index (χ4n) is 4.04. The number of allylic oxidation sites excluding steroid dienone is 2. The number of benzene rings is 2. The van der Waals surface area contributed by atoms with Crippen molar-refractivity contribution in [1.29, 1.82) is 0 Å². The van der Waals surface area contributed by atoms with Crippen LogP contribution in [0, 0.1) is 5.92 Å². The summed E-state index contributed by atoms with van der Waals surface area (Å²) in [5.74, 6) is 0.887. The molecule has 128 valence electrons. The number of halogens is 1. The van der Waals surface area contributed by atoms with Gasteiger partial charge in [-0.15, -0.1) is 0 Å². The highest BCUT2D eigenvalue weighted by atomic mass is 79.9. The molecule has 1 heterocycles. The average Bonchev–Trinajstić information content (AvgIpc) is 3.10. The topological polar surface area (TPSA) is 32.3 Å². The maximum atomic E-state index is 12.7. The molecule has 2 aromatic rings. The standard InChI is InChI=1S/C21H21BrN2O/c1-24(2)21(25)18-8-4-7-17-15-5-3-6-16(15)19(23-20(17)18)13-9-11-14(22)12-10-13/h3-5,7-12,15-16,19,23H,6H2,1-2H3/t15-,16-,19-/m1/s1. The third-order valence-electron chi connectivity index (χ3n) is 5.26. The van der Waals surface area contributed by atoms with Crippen LogP contribution in [0.15, 0.2) is 59.1 Å². The molecule has 2 aliphatic rings. The third-order valence-corrected chi connectivity index (χ3v) is 5.79. The summed E-state index contributed by atoms with van der Waals surface area (Å²) in [6, 6.07) is 14.8. The van der Waals surface area contributed by atoms with E-state index in [1.807, 2.05) is 12.1 Å². The van der Waals surface area contributed by atoms with Gasteiger partial charge in [-0.2, -0.15) is 0 Å². The Balaban J connectivity index is 1.81. The maximum Gasteiger partial charge on any atom is 0.255 e. The summed E-state index contributed by atoms with van der Waals surface area (Å²) >= 11 is 3.52. The van der Waals surface area contributed by atoms with Gasteiger partial charge in [0.05, 0.1) is 17.3 Å². The first kappa shape index (κ1) is 16.4. The van der Waals surface area contributed by atoms with Crippen LogP contribution >= 0.6 is 15.9 Å². The summed E-state index contributed by atoms with van der Waals surface area (Å²) in [7, 11) is 3.60. The van der Waals surface area contributed by atoms with Gasteiger partial charge in [0.2, 0.25) is 0 Å². The van der Waals surface area contributed by atoms with Gasteiger partial charge in [0, 0.05) is 24.5 Å². The fraction of sp³-hybridized carbons (Fsp3) is 0.286. The molecule has 4 heteroatoms. The predicted octanol–water partition coefficient (Wildman–Crippen LogP) is 4.98. The van der Waals surface area contributed by atoms with Crippen LogP contribution < -0.4 is 5.32 Å². The number of hydrogen-bond donors (Lipinski definition) is 1. The fourth-order valence-corrected chi connectivity index (χ4v) is 4.31. The number of anilines is 1. The summed E-state index contributed by atoms with van der Waals surface area (Å²) in [6.07, 6.45) is 5.64. The van der Waals surface area contributed by atoms with Crippen LogP contribution in [0.1, 0.15) is 39.9 Å². The van der Waals surface area contributed by atoms with Crippen LogP contribution in [0.5, 0.6) is 0 Å². The van der Waals surface area contributed by atoms with Gasteiger partial charge in [-0.1, -0.05) is 52.3 Å². The molecular weight excluding hydrogens is 376 g/mol. The monoisotopic (exact) mass is 396 g/mol. The van der Waals surface area contributed by atoms with Crippen molar-refractivity contribution in [2.45, 2.75) is 18.4 Å². The number of nitrogens with zero attached hydrogens (tertiary/aromatic N) is 1. The molecule has 3 nitrogen and oxygen atoms in total. The van der Waals surface area contributed by atoms with Crippen molar-refractivity contribution in [3.63, 3.8) is 0 Å². The second-order valence-electron chi connectivity index (χ2n) is 7.00. The van der Waals surface area contributed by atoms with E-state index in [-0.39, 0.29) is 11.9 Å². The average molecular weight is 397 g/mol. The van der Waals surface area contributed by atoms with E-state index >= 15 is 0 Å². The Morgan fingerprint density at radius 2 is 1.92 bits per heavy atom. The minimum atomic E-state index is 0.0410. The molecule has 25 heavy (non-hydrogen) atoms. The summed E-state index contributed by atoms with van der Waals surface area (Å²) in [6.45, 7) is 0. The molecule has 0 fully saturated rings. The third kappa shape index (κ3) is 2.78. The van der Waals surface area contributed by atoms with Gasteiger partial charge in [-0.3, -0.25) is 4.79 Å². The first-order valence-corrected chi connectivity index (χ1v) is 9.39. The van der Waals surface area contributed by atoms with Crippen LogP contribution in [0.3, 0.4) is 0 Å². The van der Waals surface area contributed by atoms with Gasteiger partial charge in [-0.05, 0) is 41.7 Å². The molecule has 0 bridgehead atoms. The van der Waals surface area contributed by atoms with Crippen molar-refractivity contribution in [2.75, 3.05) is 19.4 Å². The van der Waals surface area contributed by atoms with Crippen molar-refractivity contribution in [1.82, 2.24) is 4.90 Å². The van der Waals surface area contributed by atoms with Gasteiger partial charge in [0.25, 0.3) is 5.91 Å². The molecule has 0 saturated carbocycles. The molecule has 1 N–H and O–H groups in total. The summed E-state index contributed by atoms with van der Waals surface area (Å²) in [5.41, 5.74) is 4.24. The predicted molar refractivity (Wildman–Crippen MR) is 105 cm³/mol. The summed E-state index contributed by atoms with van der Waals surface area (Å²) < 4.78 is 1.08. The number of carbonyl (C=O) groups is 1. The Morgan fingerprint density at radius 1 is 1.16 bits per heavy atom. The van der Waals surface area contributed by atoms with Crippen molar-refractivity contribution in [2.24, 2.45) is 5.92 Å². The van der Waals surface area contributed by atoms with E-state index in [1.54, 1.807) is 19.0 Å². The van der Waals surface area contributed by atoms with Crippen LogP contribution in [0.4, 0.5) is 5.69 Å². The minimum Gasteiger partial charge on any atom is -0.377 e. The van der Waals surface area contributed by atoms with Gasteiger partial charge < -0.3 is 10.2 Å². The molecule has 0 aromatic heterocycles. The first-order chi connectivity index (χ1) is 12.1. The van der Waals surface area contributed by atoms with E-state index in [2.05, 4.69) is 63.7 Å². The van der Waals surface area contributed by atoms with Crippen LogP contribution in [0.25, 0.3) is 0 Å². The number of nitrogens with one attached hydrogen (secondary N) is 1. The van der Waals surface area contributed by atoms with Crippen LogP contribution in [-0.4, -0.2) is 24.9 Å². The van der Waals surface area contributed by atoms with E-state index in [0.29, 0.717) is 11.8 Å². The number of para-hydroxylation sites is 1. The lowest BCUT2D eigenvalue weighted by Gasteiger charge is -2.38. The highest BCUT2D eigenvalue weighted by Crippen LogP contribution is 2.50. The summed E-state index contributed by atoms with van der Waals surface area (Å²) in [5, 5.41) is 3.71. The minimum absolute atomic E-state index is 0.0410. The number of hydrogen-bond acceptors (Lipinski definition) is 2. The van der Waals surface area contributed by atoms with Crippen molar-refractivity contribution < 1.29 is 4.79 Å². The maximum absolute atomic E-state index is 12.7. The lowest BCUT2D eigenvalue weighted by Crippen LogP contribution is -2.31.